The highest BCUT2D eigenvalue weighted by Gasteiger charge is 2.07. The van der Waals surface area contributed by atoms with Crippen LogP contribution in [0.25, 0.3) is 0 Å². The van der Waals surface area contributed by atoms with Crippen LogP contribution in [0.5, 0.6) is 5.75 Å². The normalized spacial score (nSPS) is 10.0. The van der Waals surface area contributed by atoms with Gasteiger partial charge in [0.2, 0.25) is 5.91 Å². The summed E-state index contributed by atoms with van der Waals surface area (Å²) in [6, 6.07) is 15.1. The number of ether oxygens (including phenoxy) is 1. The van der Waals surface area contributed by atoms with Gasteiger partial charge in [0.25, 0.3) is 0 Å². The summed E-state index contributed by atoms with van der Waals surface area (Å²) < 4.78 is 6.16. The van der Waals surface area contributed by atoms with Gasteiger partial charge in [0.1, 0.15) is 5.75 Å². The summed E-state index contributed by atoms with van der Waals surface area (Å²) in [5.41, 5.74) is 1.65. The van der Waals surface area contributed by atoms with Crippen molar-refractivity contribution in [1.82, 2.24) is 0 Å². The number of rotatable bonds is 4. The van der Waals surface area contributed by atoms with Crippen LogP contribution in [0, 0.1) is 0 Å². The fraction of sp³-hybridized carbons (Fsp3) is 0.133. The van der Waals surface area contributed by atoms with Gasteiger partial charge in [-0.3, -0.25) is 4.79 Å². The number of methoxy groups -OCH3 is 1. The largest absolute Gasteiger partial charge is 0.495 e. The first-order valence-electron chi connectivity index (χ1n) is 5.86. The first kappa shape index (κ1) is 13.6. The van der Waals surface area contributed by atoms with E-state index < -0.39 is 0 Å². The van der Waals surface area contributed by atoms with Crippen LogP contribution in [0.1, 0.15) is 5.56 Å². The van der Waals surface area contributed by atoms with E-state index in [1.165, 1.54) is 0 Å². The van der Waals surface area contributed by atoms with Crippen LogP contribution >= 0.6 is 15.9 Å². The Morgan fingerprint density at radius 1 is 1.21 bits per heavy atom. The molecule has 19 heavy (non-hydrogen) atoms. The maximum Gasteiger partial charge on any atom is 0.228 e. The van der Waals surface area contributed by atoms with Crippen molar-refractivity contribution in [1.29, 1.82) is 0 Å². The van der Waals surface area contributed by atoms with Crippen LogP contribution in [0.2, 0.25) is 0 Å². The van der Waals surface area contributed by atoms with Crippen molar-refractivity contribution in [3.05, 3.63) is 58.6 Å². The molecule has 0 aliphatic rings. The second kappa shape index (κ2) is 6.38. The minimum atomic E-state index is -0.0670. The molecule has 98 valence electrons. The highest BCUT2D eigenvalue weighted by molar-refractivity contribution is 9.10. The Hall–Kier alpha value is -1.81. The summed E-state index contributed by atoms with van der Waals surface area (Å²) in [6.07, 6.45) is 0.331. The molecule has 0 aliphatic heterocycles. The van der Waals surface area contributed by atoms with E-state index >= 15 is 0 Å². The van der Waals surface area contributed by atoms with Crippen LogP contribution in [-0.4, -0.2) is 13.0 Å². The van der Waals surface area contributed by atoms with Crippen molar-refractivity contribution in [2.24, 2.45) is 0 Å². The molecule has 1 N–H and O–H groups in total. The SMILES string of the molecule is COc1ccccc1NC(=O)Cc1cccc(Br)c1. The molecule has 3 nitrogen and oxygen atoms in total. The fourth-order valence-corrected chi connectivity index (χ4v) is 2.22. The molecular formula is C15H14BrNO2. The van der Waals surface area contributed by atoms with Crippen LogP contribution in [-0.2, 0) is 11.2 Å². The van der Waals surface area contributed by atoms with Crippen LogP contribution in [0.15, 0.2) is 53.0 Å². The lowest BCUT2D eigenvalue weighted by Gasteiger charge is -2.09. The molecule has 0 bridgehead atoms. The first-order valence-corrected chi connectivity index (χ1v) is 6.65. The predicted octanol–water partition coefficient (Wildman–Crippen LogP) is 3.64. The molecule has 2 rings (SSSR count). The van der Waals surface area contributed by atoms with Gasteiger partial charge in [0, 0.05) is 4.47 Å². The maximum atomic E-state index is 12.0. The van der Waals surface area contributed by atoms with Crippen molar-refractivity contribution < 1.29 is 9.53 Å². The van der Waals surface area contributed by atoms with E-state index in [9.17, 15) is 4.79 Å². The van der Waals surface area contributed by atoms with Gasteiger partial charge in [0.15, 0.2) is 0 Å². The fourth-order valence-electron chi connectivity index (χ4n) is 1.77. The molecule has 0 fully saturated rings. The number of carbonyl (C=O) groups excluding carboxylic acids is 1. The zero-order valence-corrected chi connectivity index (χ0v) is 12.1. The Balaban J connectivity index is 2.05. The Kier molecular flexibility index (Phi) is 4.58. The number of hydrogen-bond donors (Lipinski definition) is 1. The molecule has 0 saturated carbocycles. The molecule has 2 aromatic rings. The summed E-state index contributed by atoms with van der Waals surface area (Å²) in [7, 11) is 1.58. The molecule has 0 spiro atoms. The summed E-state index contributed by atoms with van der Waals surface area (Å²) >= 11 is 3.39. The summed E-state index contributed by atoms with van der Waals surface area (Å²) in [5, 5.41) is 2.85. The van der Waals surface area contributed by atoms with Crippen molar-refractivity contribution >= 4 is 27.5 Å². The summed E-state index contributed by atoms with van der Waals surface area (Å²) in [5.74, 6) is 0.590. The monoisotopic (exact) mass is 319 g/mol. The van der Waals surface area contributed by atoms with Gasteiger partial charge in [-0.2, -0.15) is 0 Å². The highest BCUT2D eigenvalue weighted by atomic mass is 79.9. The van der Waals surface area contributed by atoms with Gasteiger partial charge in [-0.25, -0.2) is 0 Å². The van der Waals surface area contributed by atoms with E-state index in [4.69, 9.17) is 4.74 Å². The number of benzene rings is 2. The third-order valence-corrected chi connectivity index (χ3v) is 3.13. The summed E-state index contributed by atoms with van der Waals surface area (Å²) in [6.45, 7) is 0. The second-order valence-electron chi connectivity index (χ2n) is 4.06. The van der Waals surface area contributed by atoms with Gasteiger partial charge in [0.05, 0.1) is 19.2 Å². The number of halogens is 1. The smallest absolute Gasteiger partial charge is 0.228 e. The Bertz CT molecular complexity index is 584. The van der Waals surface area contributed by atoms with Crippen molar-refractivity contribution in [3.8, 4) is 5.75 Å². The molecule has 1 amide bonds. The topological polar surface area (TPSA) is 38.3 Å². The number of para-hydroxylation sites is 2. The molecule has 0 aromatic heterocycles. The number of hydrogen-bond acceptors (Lipinski definition) is 2. The molecule has 0 saturated heterocycles. The minimum Gasteiger partial charge on any atom is -0.495 e. The minimum absolute atomic E-state index is 0.0670. The van der Waals surface area contributed by atoms with Gasteiger partial charge < -0.3 is 10.1 Å². The first-order chi connectivity index (χ1) is 9.19. The Labute approximate surface area is 120 Å². The van der Waals surface area contributed by atoms with E-state index in [-0.39, 0.29) is 5.91 Å². The number of nitrogens with one attached hydrogen (secondary N) is 1. The van der Waals surface area contributed by atoms with Crippen molar-refractivity contribution in [2.45, 2.75) is 6.42 Å². The average molecular weight is 320 g/mol. The Morgan fingerprint density at radius 2 is 2.00 bits per heavy atom. The van der Waals surface area contributed by atoms with Crippen LogP contribution < -0.4 is 10.1 Å². The number of amides is 1. The highest BCUT2D eigenvalue weighted by Crippen LogP contribution is 2.23. The van der Waals surface area contributed by atoms with Crippen molar-refractivity contribution in [3.63, 3.8) is 0 Å². The maximum absolute atomic E-state index is 12.0. The lowest BCUT2D eigenvalue weighted by atomic mass is 10.1. The molecular weight excluding hydrogens is 306 g/mol. The second-order valence-corrected chi connectivity index (χ2v) is 4.97. The van der Waals surface area contributed by atoms with E-state index in [1.807, 2.05) is 48.5 Å². The zero-order chi connectivity index (χ0) is 13.7. The molecule has 4 heteroatoms. The van der Waals surface area contributed by atoms with E-state index in [1.54, 1.807) is 7.11 Å². The molecule has 0 aliphatic carbocycles. The molecule has 0 radical (unpaired) electrons. The van der Waals surface area contributed by atoms with Crippen LogP contribution in [0.4, 0.5) is 5.69 Å². The third-order valence-electron chi connectivity index (χ3n) is 2.63. The van der Waals surface area contributed by atoms with Gasteiger partial charge in [-0.05, 0) is 29.8 Å². The molecule has 0 atom stereocenters. The molecule has 0 heterocycles. The lowest BCUT2D eigenvalue weighted by Crippen LogP contribution is -2.14. The average Bonchev–Trinajstić information content (AvgIpc) is 2.39. The lowest BCUT2D eigenvalue weighted by molar-refractivity contribution is -0.115. The van der Waals surface area contributed by atoms with E-state index in [2.05, 4.69) is 21.2 Å². The van der Waals surface area contributed by atoms with Crippen molar-refractivity contribution in [2.75, 3.05) is 12.4 Å². The van der Waals surface area contributed by atoms with E-state index in [0.29, 0.717) is 17.9 Å². The summed E-state index contributed by atoms with van der Waals surface area (Å²) in [4.78, 5) is 12.0. The quantitative estimate of drug-likeness (QED) is 0.934. The standard InChI is InChI=1S/C15H14BrNO2/c1-19-14-8-3-2-7-13(14)17-15(18)10-11-5-4-6-12(16)9-11/h2-9H,10H2,1H3,(H,17,18). The predicted molar refractivity (Wildman–Crippen MR) is 79.5 cm³/mol. The molecule has 0 unspecified atom stereocenters. The number of carbonyl (C=O) groups is 1. The van der Waals surface area contributed by atoms with Gasteiger partial charge in [-0.15, -0.1) is 0 Å². The van der Waals surface area contributed by atoms with Gasteiger partial charge in [-0.1, -0.05) is 40.2 Å². The van der Waals surface area contributed by atoms with Crippen LogP contribution in [0.3, 0.4) is 0 Å². The molecule has 2 aromatic carbocycles. The Morgan fingerprint density at radius 3 is 2.74 bits per heavy atom. The van der Waals surface area contributed by atoms with E-state index in [0.717, 1.165) is 10.0 Å². The van der Waals surface area contributed by atoms with Gasteiger partial charge >= 0.3 is 0 Å². The zero-order valence-electron chi connectivity index (χ0n) is 10.5. The third kappa shape index (κ3) is 3.83. The number of anilines is 1.